The van der Waals surface area contributed by atoms with E-state index in [1.165, 1.54) is 0 Å². The zero-order valence-corrected chi connectivity index (χ0v) is 13.5. The molecule has 1 aromatic heterocycles. The van der Waals surface area contributed by atoms with Crippen molar-refractivity contribution >= 4 is 12.2 Å². The van der Waals surface area contributed by atoms with Crippen LogP contribution in [-0.4, -0.2) is 20.9 Å². The molecule has 0 saturated carbocycles. The quantitative estimate of drug-likeness (QED) is 0.662. The molecule has 0 saturated heterocycles. The van der Waals surface area contributed by atoms with Crippen molar-refractivity contribution in [1.82, 2.24) is 14.8 Å². The first-order valence-corrected chi connectivity index (χ1v) is 7.75. The predicted molar refractivity (Wildman–Crippen MR) is 93.2 cm³/mol. The zero-order chi connectivity index (χ0) is 18.6. The maximum atomic E-state index is 12.6. The van der Waals surface area contributed by atoms with Crippen molar-refractivity contribution in [2.45, 2.75) is 12.7 Å². The summed E-state index contributed by atoms with van der Waals surface area (Å²) in [5, 5.41) is 3.74. The molecule has 0 unspecified atom stereocenters. The average molecular weight is 357 g/mol. The highest BCUT2D eigenvalue weighted by Gasteiger charge is 2.29. The Balaban J connectivity index is 1.90. The van der Waals surface area contributed by atoms with E-state index in [2.05, 4.69) is 10.1 Å². The summed E-state index contributed by atoms with van der Waals surface area (Å²) in [5.74, 6) is 0.0591. The van der Waals surface area contributed by atoms with Crippen molar-refractivity contribution in [2.24, 2.45) is 0 Å². The summed E-state index contributed by atoms with van der Waals surface area (Å²) in [6, 6.07) is 16.7. The maximum Gasteiger partial charge on any atom is 0.408 e. The van der Waals surface area contributed by atoms with Crippen molar-refractivity contribution in [3.63, 3.8) is 0 Å². The second-order valence-corrected chi connectivity index (χ2v) is 5.56. The minimum atomic E-state index is -4.53. The minimum Gasteiger partial charge on any atom is -0.266 e. The Morgan fingerprint density at radius 1 is 0.962 bits per heavy atom. The molecular weight excluding hydrogens is 343 g/mol. The van der Waals surface area contributed by atoms with Crippen LogP contribution in [0.25, 0.3) is 23.5 Å². The second-order valence-electron chi connectivity index (χ2n) is 5.56. The Bertz CT molecular complexity index is 979. The molecule has 0 aliphatic heterocycles. The lowest BCUT2D eigenvalue weighted by Crippen LogP contribution is -2.30. The van der Waals surface area contributed by atoms with Gasteiger partial charge in [0, 0.05) is 5.56 Å². The Labute approximate surface area is 147 Å². The first-order valence-electron chi connectivity index (χ1n) is 7.75. The summed E-state index contributed by atoms with van der Waals surface area (Å²) in [5.41, 5.74) is 1.48. The van der Waals surface area contributed by atoms with E-state index < -0.39 is 18.3 Å². The van der Waals surface area contributed by atoms with Gasteiger partial charge in [0.2, 0.25) is 0 Å². The molecule has 3 aromatic rings. The molecule has 0 radical (unpaired) electrons. The number of aromatic nitrogens is 3. The van der Waals surface area contributed by atoms with Crippen LogP contribution in [0.1, 0.15) is 11.1 Å². The van der Waals surface area contributed by atoms with E-state index in [4.69, 9.17) is 0 Å². The van der Waals surface area contributed by atoms with Crippen molar-refractivity contribution in [3.8, 4) is 11.4 Å². The summed E-state index contributed by atoms with van der Waals surface area (Å²) in [6.07, 6.45) is 0.116. The third-order valence-corrected chi connectivity index (χ3v) is 3.51. The van der Waals surface area contributed by atoms with E-state index in [9.17, 15) is 18.0 Å². The summed E-state index contributed by atoms with van der Waals surface area (Å²) in [7, 11) is 0. The number of rotatable bonds is 4. The molecule has 0 N–H and O–H groups in total. The van der Waals surface area contributed by atoms with Gasteiger partial charge >= 0.3 is 6.18 Å². The molecule has 0 amide bonds. The summed E-state index contributed by atoms with van der Waals surface area (Å²) >= 11 is 0. The zero-order valence-electron chi connectivity index (χ0n) is 13.5. The van der Waals surface area contributed by atoms with Gasteiger partial charge in [0.15, 0.2) is 5.82 Å². The standard InChI is InChI=1S/C19H14F3N3O/c20-19(21,22)13-25-17(26)12-23-18(24-25)16-8-4-7-15(11-16)10-9-14-5-2-1-3-6-14/h1-12H,13H2. The van der Waals surface area contributed by atoms with Crippen LogP contribution in [0.3, 0.4) is 0 Å². The van der Waals surface area contributed by atoms with Gasteiger partial charge in [-0.15, -0.1) is 5.10 Å². The molecule has 4 nitrogen and oxygen atoms in total. The number of halogens is 3. The largest absolute Gasteiger partial charge is 0.408 e. The number of alkyl halides is 3. The second kappa shape index (κ2) is 7.35. The van der Waals surface area contributed by atoms with E-state index in [0.717, 1.165) is 17.3 Å². The Kier molecular flexibility index (Phi) is 4.97. The summed E-state index contributed by atoms with van der Waals surface area (Å²) < 4.78 is 38.0. The van der Waals surface area contributed by atoms with E-state index >= 15 is 0 Å². The highest BCUT2D eigenvalue weighted by Crippen LogP contribution is 2.19. The third kappa shape index (κ3) is 4.66. The first kappa shape index (κ1) is 17.6. The molecule has 0 spiro atoms. The molecule has 26 heavy (non-hydrogen) atoms. The monoisotopic (exact) mass is 357 g/mol. The molecule has 0 aliphatic carbocycles. The van der Waals surface area contributed by atoms with Crippen molar-refractivity contribution in [1.29, 1.82) is 0 Å². The van der Waals surface area contributed by atoms with Crippen LogP contribution >= 0.6 is 0 Å². The van der Waals surface area contributed by atoms with Crippen LogP contribution in [0.2, 0.25) is 0 Å². The van der Waals surface area contributed by atoms with Gasteiger partial charge in [-0.2, -0.15) is 13.2 Å². The lowest BCUT2D eigenvalue weighted by molar-refractivity contribution is -0.143. The Morgan fingerprint density at radius 3 is 2.38 bits per heavy atom. The molecule has 1 heterocycles. The van der Waals surface area contributed by atoms with Gasteiger partial charge in [0.1, 0.15) is 6.54 Å². The fourth-order valence-corrected chi connectivity index (χ4v) is 2.33. The van der Waals surface area contributed by atoms with Gasteiger partial charge in [-0.05, 0) is 17.2 Å². The van der Waals surface area contributed by atoms with Crippen LogP contribution in [0.4, 0.5) is 13.2 Å². The van der Waals surface area contributed by atoms with Crippen LogP contribution in [0, 0.1) is 0 Å². The van der Waals surface area contributed by atoms with Crippen LogP contribution in [0.15, 0.2) is 65.6 Å². The minimum absolute atomic E-state index is 0.0591. The molecular formula is C19H14F3N3O. The number of nitrogens with zero attached hydrogens (tertiary/aromatic N) is 3. The number of hydrogen-bond acceptors (Lipinski definition) is 3. The lowest BCUT2D eigenvalue weighted by atomic mass is 10.1. The van der Waals surface area contributed by atoms with Gasteiger partial charge < -0.3 is 0 Å². The molecule has 3 rings (SSSR count). The lowest BCUT2D eigenvalue weighted by Gasteiger charge is -2.09. The highest BCUT2D eigenvalue weighted by atomic mass is 19.4. The van der Waals surface area contributed by atoms with Crippen molar-refractivity contribution in [3.05, 3.63) is 82.3 Å². The molecule has 132 valence electrons. The molecule has 0 fully saturated rings. The Hall–Kier alpha value is -3.22. The third-order valence-electron chi connectivity index (χ3n) is 3.51. The first-order chi connectivity index (χ1) is 12.4. The highest BCUT2D eigenvalue weighted by molar-refractivity contribution is 5.72. The van der Waals surface area contributed by atoms with Crippen molar-refractivity contribution < 1.29 is 13.2 Å². The fourth-order valence-electron chi connectivity index (χ4n) is 2.33. The van der Waals surface area contributed by atoms with Crippen LogP contribution in [0.5, 0.6) is 0 Å². The van der Waals surface area contributed by atoms with E-state index in [0.29, 0.717) is 10.2 Å². The fraction of sp³-hybridized carbons (Fsp3) is 0.105. The van der Waals surface area contributed by atoms with E-state index in [1.807, 2.05) is 48.6 Å². The van der Waals surface area contributed by atoms with Gasteiger partial charge in [-0.3, -0.25) is 4.79 Å². The van der Waals surface area contributed by atoms with Gasteiger partial charge in [-0.25, -0.2) is 9.67 Å². The number of hydrogen-bond donors (Lipinski definition) is 0. The van der Waals surface area contributed by atoms with Gasteiger partial charge in [0.05, 0.1) is 6.20 Å². The van der Waals surface area contributed by atoms with E-state index in [-0.39, 0.29) is 5.82 Å². The smallest absolute Gasteiger partial charge is 0.266 e. The molecule has 2 aromatic carbocycles. The summed E-state index contributed by atoms with van der Waals surface area (Å²) in [6.45, 7) is -1.45. The Morgan fingerprint density at radius 2 is 1.65 bits per heavy atom. The average Bonchev–Trinajstić information content (AvgIpc) is 2.62. The topological polar surface area (TPSA) is 47.8 Å². The molecule has 0 bridgehead atoms. The van der Waals surface area contributed by atoms with Crippen LogP contribution in [-0.2, 0) is 6.54 Å². The SMILES string of the molecule is O=c1cnc(-c2cccc(C=Cc3ccccc3)c2)nn1CC(F)(F)F. The van der Waals surface area contributed by atoms with Crippen molar-refractivity contribution in [2.75, 3.05) is 0 Å². The summed E-state index contributed by atoms with van der Waals surface area (Å²) in [4.78, 5) is 15.4. The predicted octanol–water partition coefficient (Wildman–Crippen LogP) is 4.04. The normalized spacial score (nSPS) is 11.8. The number of benzene rings is 2. The molecule has 0 aliphatic rings. The molecule has 7 heteroatoms. The van der Waals surface area contributed by atoms with Gasteiger partial charge in [-0.1, -0.05) is 60.7 Å². The van der Waals surface area contributed by atoms with E-state index in [1.54, 1.807) is 18.2 Å². The molecule has 0 atom stereocenters. The van der Waals surface area contributed by atoms with Crippen LogP contribution < -0.4 is 5.56 Å². The van der Waals surface area contributed by atoms with Gasteiger partial charge in [0.25, 0.3) is 5.56 Å². The maximum absolute atomic E-state index is 12.6.